The maximum atomic E-state index is 13.9. The van der Waals surface area contributed by atoms with Crippen molar-refractivity contribution in [3.8, 4) is 17.8 Å². The number of hydrogen-bond donors (Lipinski definition) is 2. The number of anilines is 2. The lowest BCUT2D eigenvalue weighted by atomic mass is 9.69. The lowest BCUT2D eigenvalue weighted by Gasteiger charge is -2.31. The van der Waals surface area contributed by atoms with Gasteiger partial charge in [-0.1, -0.05) is 38.1 Å². The maximum Gasteiger partial charge on any atom is 0.148 e. The summed E-state index contributed by atoms with van der Waals surface area (Å²) < 4.78 is 15.6. The van der Waals surface area contributed by atoms with E-state index in [1.807, 2.05) is 20.0 Å². The van der Waals surface area contributed by atoms with Gasteiger partial charge in [0.15, 0.2) is 0 Å². The number of nitrogens with zero attached hydrogens (tertiary/aromatic N) is 7. The van der Waals surface area contributed by atoms with Gasteiger partial charge in [-0.25, -0.2) is 9.07 Å². The van der Waals surface area contributed by atoms with Crippen LogP contribution in [0, 0.1) is 33.9 Å². The molecule has 0 saturated carbocycles. The summed E-state index contributed by atoms with van der Waals surface area (Å²) in [6, 6.07) is 17.8. The van der Waals surface area contributed by atoms with E-state index in [1.54, 1.807) is 47.5 Å². The number of nitriles is 2. The van der Waals surface area contributed by atoms with Crippen LogP contribution in [-0.2, 0) is 5.44 Å². The number of nitrogens with one attached hydrogen (secondary N) is 2. The van der Waals surface area contributed by atoms with Crippen molar-refractivity contribution >= 4 is 30.1 Å². The summed E-state index contributed by atoms with van der Waals surface area (Å²) in [5.41, 5.74) is 3.37. The first-order chi connectivity index (χ1) is 19.6. The Kier molecular flexibility index (Phi) is 7.12. The maximum absolute atomic E-state index is 13.9. The van der Waals surface area contributed by atoms with Gasteiger partial charge in [0.05, 0.1) is 45.9 Å². The zero-order valence-electron chi connectivity index (χ0n) is 23.1. The minimum absolute atomic E-state index is 0.0580. The highest BCUT2D eigenvalue weighted by molar-refractivity contribution is 6.19. The topological polar surface area (TPSA) is 128 Å². The van der Waals surface area contributed by atoms with Gasteiger partial charge in [0.2, 0.25) is 0 Å². The average molecular weight is 543 g/mol. The van der Waals surface area contributed by atoms with Crippen LogP contribution in [0.5, 0.6) is 0 Å². The molecule has 41 heavy (non-hydrogen) atoms. The molecule has 0 aliphatic heterocycles. The third-order valence-corrected chi connectivity index (χ3v) is 6.74. The number of hydrogen-bond acceptors (Lipinski definition) is 8. The van der Waals surface area contributed by atoms with Gasteiger partial charge in [0, 0.05) is 30.0 Å². The second-order valence-corrected chi connectivity index (χ2v) is 11.1. The number of aromatic nitrogens is 5. The Bertz CT molecular complexity index is 1800. The van der Waals surface area contributed by atoms with Crippen molar-refractivity contribution in [3.05, 3.63) is 102 Å². The van der Waals surface area contributed by atoms with Crippen LogP contribution in [0.2, 0.25) is 0 Å². The van der Waals surface area contributed by atoms with E-state index in [-0.39, 0.29) is 11.2 Å². The monoisotopic (exact) mass is 543 g/mol. The molecule has 2 N–H and O–H groups in total. The molecule has 3 heterocycles. The van der Waals surface area contributed by atoms with Gasteiger partial charge < -0.3 is 10.6 Å². The Balaban J connectivity index is 1.66. The Morgan fingerprint density at radius 3 is 2.44 bits per heavy atom. The summed E-state index contributed by atoms with van der Waals surface area (Å²) in [4.78, 5) is 8.60. The van der Waals surface area contributed by atoms with Crippen molar-refractivity contribution < 1.29 is 4.39 Å². The molecule has 0 amide bonds. The van der Waals surface area contributed by atoms with Crippen LogP contribution in [0.25, 0.3) is 16.6 Å². The largest absolute Gasteiger partial charge is 0.383 e. The quantitative estimate of drug-likeness (QED) is 0.287. The molecule has 0 fully saturated rings. The molecule has 0 radical (unpaired) electrons. The molecule has 5 aromatic rings. The van der Waals surface area contributed by atoms with Crippen molar-refractivity contribution in [1.29, 1.82) is 10.5 Å². The lowest BCUT2D eigenvalue weighted by Crippen LogP contribution is -2.38. The number of pyridine rings is 2. The van der Waals surface area contributed by atoms with Crippen LogP contribution in [0.3, 0.4) is 0 Å². The molecule has 3 aromatic heterocycles. The van der Waals surface area contributed by atoms with E-state index in [1.165, 1.54) is 18.3 Å². The van der Waals surface area contributed by atoms with E-state index in [2.05, 4.69) is 63.8 Å². The molecule has 1 atom stereocenters. The summed E-state index contributed by atoms with van der Waals surface area (Å²) in [5, 5.41) is 36.2. The molecule has 0 saturated heterocycles. The van der Waals surface area contributed by atoms with Crippen molar-refractivity contribution in [3.63, 3.8) is 0 Å². The van der Waals surface area contributed by atoms with Gasteiger partial charge in [0.1, 0.15) is 31.5 Å². The lowest BCUT2D eigenvalue weighted by molar-refractivity contribution is 0.443. The Hall–Kier alpha value is -5.29. The first-order valence-electron chi connectivity index (χ1n) is 13.0. The van der Waals surface area contributed by atoms with Gasteiger partial charge in [-0.2, -0.15) is 10.5 Å². The first-order valence-corrected chi connectivity index (χ1v) is 13.0. The van der Waals surface area contributed by atoms with Gasteiger partial charge in [-0.3, -0.25) is 9.97 Å². The van der Waals surface area contributed by atoms with Crippen LogP contribution < -0.4 is 10.6 Å². The van der Waals surface area contributed by atoms with Crippen LogP contribution >= 0.6 is 0 Å². The molecule has 0 spiro atoms. The van der Waals surface area contributed by atoms with Crippen molar-refractivity contribution in [1.82, 2.24) is 25.0 Å². The zero-order valence-corrected chi connectivity index (χ0v) is 23.1. The molecule has 0 aliphatic carbocycles. The summed E-state index contributed by atoms with van der Waals surface area (Å²) in [6.45, 7) is 6.88. The minimum Gasteiger partial charge on any atom is -0.383 e. The highest BCUT2D eigenvalue weighted by atomic mass is 19.1. The van der Waals surface area contributed by atoms with Crippen molar-refractivity contribution in [2.45, 2.75) is 26.2 Å². The van der Waals surface area contributed by atoms with Crippen LogP contribution in [0.1, 0.15) is 43.2 Å². The zero-order chi connectivity index (χ0) is 29.2. The molecular formula is C30H27BFN9. The average Bonchev–Trinajstić information content (AvgIpc) is 3.47. The van der Waals surface area contributed by atoms with Crippen molar-refractivity contribution in [2.24, 2.45) is 5.41 Å². The fourth-order valence-corrected chi connectivity index (χ4v) is 4.55. The van der Waals surface area contributed by atoms with Crippen molar-refractivity contribution in [2.75, 3.05) is 17.2 Å². The number of benzene rings is 2. The molecule has 2 aromatic carbocycles. The van der Waals surface area contributed by atoms with E-state index in [0.717, 1.165) is 11.3 Å². The smallest absolute Gasteiger partial charge is 0.148 e. The molecule has 1 unspecified atom stereocenters. The molecule has 5 rings (SSSR count). The van der Waals surface area contributed by atoms with E-state index >= 15 is 0 Å². The van der Waals surface area contributed by atoms with E-state index in [0.29, 0.717) is 45.6 Å². The number of halogens is 1. The SMILES string of the molecule is BC(Nc1cc(C#N)c2ncc(C#N)c(NCC(C)(C)C)c2c1)(c1ccc(F)cc1)c1cn(-c2cccnc2)nn1. The van der Waals surface area contributed by atoms with Crippen LogP contribution in [-0.4, -0.2) is 39.4 Å². The van der Waals surface area contributed by atoms with Gasteiger partial charge >= 0.3 is 0 Å². The number of rotatable bonds is 7. The van der Waals surface area contributed by atoms with Gasteiger partial charge in [-0.15, -0.1) is 5.10 Å². The standard InChI is InChI=1S/C30H27BFN9/c1-29(2,3)18-37-28-20(14-34)15-36-27-19(13-33)11-23(12-25(27)28)38-30(31,21-6-8-22(32)9-7-21)26-17-41(40-39-26)24-5-4-10-35-16-24/h4-12,15-17,38H,18,31H2,1-3H3,(H,36,37). The summed E-state index contributed by atoms with van der Waals surface area (Å²) in [6.07, 6.45) is 6.62. The molecule has 9 nitrogen and oxygen atoms in total. The third-order valence-electron chi connectivity index (χ3n) is 6.74. The summed E-state index contributed by atoms with van der Waals surface area (Å²) in [5.74, 6) is -0.364. The van der Waals surface area contributed by atoms with Crippen LogP contribution in [0.4, 0.5) is 15.8 Å². The Morgan fingerprint density at radius 2 is 1.78 bits per heavy atom. The first kappa shape index (κ1) is 27.3. The summed E-state index contributed by atoms with van der Waals surface area (Å²) >= 11 is 0. The summed E-state index contributed by atoms with van der Waals surface area (Å²) in [7, 11) is 1.91. The molecule has 11 heteroatoms. The fraction of sp³-hybridized carbons (Fsp3) is 0.200. The van der Waals surface area contributed by atoms with Gasteiger partial charge in [0.25, 0.3) is 0 Å². The molecule has 0 bridgehead atoms. The normalized spacial score (nSPS) is 12.7. The predicted octanol–water partition coefficient (Wildman–Crippen LogP) is 4.50. The van der Waals surface area contributed by atoms with E-state index < -0.39 is 5.44 Å². The molecule has 0 aliphatic rings. The van der Waals surface area contributed by atoms with E-state index in [4.69, 9.17) is 0 Å². The third kappa shape index (κ3) is 5.56. The predicted molar refractivity (Wildman–Crippen MR) is 158 cm³/mol. The van der Waals surface area contributed by atoms with Crippen LogP contribution in [0.15, 0.2) is 73.3 Å². The second kappa shape index (κ2) is 10.7. The molecular weight excluding hydrogens is 516 g/mol. The highest BCUT2D eigenvalue weighted by Crippen LogP contribution is 2.35. The second-order valence-electron chi connectivity index (χ2n) is 11.1. The minimum atomic E-state index is -0.992. The Labute approximate surface area is 238 Å². The fourth-order valence-electron chi connectivity index (χ4n) is 4.55. The Morgan fingerprint density at radius 1 is 1.02 bits per heavy atom. The molecule has 202 valence electrons. The van der Waals surface area contributed by atoms with E-state index in [9.17, 15) is 14.9 Å². The van der Waals surface area contributed by atoms with Gasteiger partial charge in [-0.05, 0) is 47.4 Å². The highest BCUT2D eigenvalue weighted by Gasteiger charge is 2.33. The number of fused-ring (bicyclic) bond motifs is 1.